The average molecular weight is 525 g/mol. The molecule has 0 unspecified atom stereocenters. The predicted octanol–water partition coefficient (Wildman–Crippen LogP) is 5.55. The number of carbonyl (C=O) groups excluding carboxylic acids is 2. The number of rotatable bonds is 6. The van der Waals surface area contributed by atoms with Crippen LogP contribution >= 0.6 is 15.9 Å². The predicted molar refractivity (Wildman–Crippen MR) is 135 cm³/mol. The zero-order valence-corrected chi connectivity index (χ0v) is 21.1. The number of nitrogens with zero attached hydrogens (tertiary/aromatic N) is 2. The van der Waals surface area contributed by atoms with Crippen molar-refractivity contribution in [2.45, 2.75) is 38.8 Å². The van der Waals surface area contributed by atoms with Gasteiger partial charge in [0.15, 0.2) is 0 Å². The van der Waals surface area contributed by atoms with Gasteiger partial charge < -0.3 is 19.9 Å². The second kappa shape index (κ2) is 10.4. The molecule has 1 aliphatic heterocycles. The molecule has 2 atom stereocenters. The van der Waals surface area contributed by atoms with Gasteiger partial charge >= 0.3 is 6.09 Å². The van der Waals surface area contributed by atoms with Crippen LogP contribution in [0, 0.1) is 5.92 Å². The van der Waals surface area contributed by atoms with E-state index >= 15 is 0 Å². The van der Waals surface area contributed by atoms with E-state index in [1.807, 2.05) is 37.1 Å². The van der Waals surface area contributed by atoms with Gasteiger partial charge in [0.25, 0.3) is 0 Å². The van der Waals surface area contributed by atoms with Crippen molar-refractivity contribution >= 4 is 27.9 Å². The van der Waals surface area contributed by atoms with Gasteiger partial charge in [0, 0.05) is 22.8 Å². The third-order valence-corrected chi connectivity index (χ3v) is 6.73. The zero-order chi connectivity index (χ0) is 24.2. The number of aromatic amines is 1. The van der Waals surface area contributed by atoms with Gasteiger partial charge in [0.05, 0.1) is 18.8 Å². The van der Waals surface area contributed by atoms with Crippen molar-refractivity contribution in [3.05, 3.63) is 65.0 Å². The highest BCUT2D eigenvalue weighted by Gasteiger charge is 2.37. The fourth-order valence-corrected chi connectivity index (χ4v) is 4.59. The fraction of sp³-hybridized carbons (Fsp3) is 0.346. The minimum atomic E-state index is -0.645. The van der Waals surface area contributed by atoms with Crippen LogP contribution in [0.15, 0.2) is 59.2 Å². The molecule has 1 aliphatic rings. The standard InChI is InChI=1S/C26H29BrN4O3/c1-16(2)23(30-26(33)34-3)25(32)31-14-4-5-22(31)24-28-15-21(29-24)19-8-6-17(7-9-19)18-10-12-20(27)13-11-18/h6-13,15-16,22-23H,4-5,14H2,1-3H3,(H,28,29)(H,30,33)/t22-,23-/m0/s1. The Kier molecular flexibility index (Phi) is 7.36. The maximum atomic E-state index is 13.3. The van der Waals surface area contributed by atoms with Crippen LogP contribution in [0.2, 0.25) is 0 Å². The molecule has 0 spiro atoms. The number of carbonyl (C=O) groups is 2. The Morgan fingerprint density at radius 2 is 1.71 bits per heavy atom. The molecule has 2 aromatic carbocycles. The van der Waals surface area contributed by atoms with Crippen LogP contribution in [0.25, 0.3) is 22.4 Å². The number of aromatic nitrogens is 2. The first kappa shape index (κ1) is 24.0. The molecule has 0 saturated carbocycles. The minimum Gasteiger partial charge on any atom is -0.453 e. The highest BCUT2D eigenvalue weighted by molar-refractivity contribution is 9.10. The highest BCUT2D eigenvalue weighted by Crippen LogP contribution is 2.33. The molecule has 34 heavy (non-hydrogen) atoms. The van der Waals surface area contributed by atoms with E-state index < -0.39 is 12.1 Å². The lowest BCUT2D eigenvalue weighted by atomic mass is 10.0. The number of hydrogen-bond donors (Lipinski definition) is 2. The Labute approximate surface area is 208 Å². The van der Waals surface area contributed by atoms with Gasteiger partial charge in [-0.05, 0) is 42.0 Å². The van der Waals surface area contributed by atoms with Crippen LogP contribution in [0.4, 0.5) is 4.79 Å². The second-order valence-corrected chi connectivity index (χ2v) is 9.72. The minimum absolute atomic E-state index is 0.0655. The Morgan fingerprint density at radius 1 is 1.09 bits per heavy atom. The maximum absolute atomic E-state index is 13.3. The summed E-state index contributed by atoms with van der Waals surface area (Å²) in [6, 6.07) is 15.7. The van der Waals surface area contributed by atoms with E-state index in [0.29, 0.717) is 6.54 Å². The van der Waals surface area contributed by atoms with Crippen LogP contribution in [0.1, 0.15) is 38.6 Å². The van der Waals surface area contributed by atoms with E-state index in [9.17, 15) is 9.59 Å². The first-order chi connectivity index (χ1) is 16.4. The van der Waals surface area contributed by atoms with Gasteiger partial charge in [-0.15, -0.1) is 0 Å². The molecule has 1 fully saturated rings. The van der Waals surface area contributed by atoms with E-state index in [1.54, 1.807) is 0 Å². The molecular formula is C26H29BrN4O3. The van der Waals surface area contributed by atoms with E-state index in [4.69, 9.17) is 9.72 Å². The first-order valence-corrected chi connectivity index (χ1v) is 12.2. The van der Waals surface area contributed by atoms with Crippen molar-refractivity contribution in [2.24, 2.45) is 5.92 Å². The van der Waals surface area contributed by atoms with Crippen molar-refractivity contribution in [3.63, 3.8) is 0 Å². The highest BCUT2D eigenvalue weighted by atomic mass is 79.9. The Hall–Kier alpha value is -3.13. The van der Waals surface area contributed by atoms with Gasteiger partial charge in [-0.25, -0.2) is 9.78 Å². The fourth-order valence-electron chi connectivity index (χ4n) is 4.32. The normalized spacial score (nSPS) is 16.5. The maximum Gasteiger partial charge on any atom is 0.407 e. The molecule has 0 bridgehead atoms. The quantitative estimate of drug-likeness (QED) is 0.442. The topological polar surface area (TPSA) is 87.3 Å². The van der Waals surface area contributed by atoms with Crippen molar-refractivity contribution in [3.8, 4) is 22.4 Å². The average Bonchev–Trinajstić information content (AvgIpc) is 3.52. The van der Waals surface area contributed by atoms with E-state index in [0.717, 1.165) is 45.5 Å². The Morgan fingerprint density at radius 3 is 2.32 bits per heavy atom. The van der Waals surface area contributed by atoms with Crippen LogP contribution in [0.5, 0.6) is 0 Å². The Balaban J connectivity index is 1.51. The summed E-state index contributed by atoms with van der Waals surface area (Å²) in [4.78, 5) is 35.0. The van der Waals surface area contributed by atoms with Gasteiger partial charge in [-0.2, -0.15) is 0 Å². The number of H-pyrrole nitrogens is 1. The number of halogens is 1. The monoisotopic (exact) mass is 524 g/mol. The first-order valence-electron chi connectivity index (χ1n) is 11.4. The molecule has 1 aromatic heterocycles. The molecule has 3 aromatic rings. The number of imidazole rings is 1. The van der Waals surface area contributed by atoms with Gasteiger partial charge in [-0.3, -0.25) is 4.79 Å². The summed E-state index contributed by atoms with van der Waals surface area (Å²) >= 11 is 3.47. The molecule has 2 N–H and O–H groups in total. The SMILES string of the molecule is COC(=O)N[C@H](C(=O)N1CCC[C@H]1c1nc(-c2ccc(-c3ccc(Br)cc3)cc2)c[nH]1)C(C)C. The molecule has 0 aliphatic carbocycles. The number of nitrogens with one attached hydrogen (secondary N) is 2. The molecule has 4 rings (SSSR count). The van der Waals surface area contributed by atoms with Crippen LogP contribution in [-0.2, 0) is 9.53 Å². The molecule has 178 valence electrons. The van der Waals surface area contributed by atoms with Crippen LogP contribution < -0.4 is 5.32 Å². The number of benzene rings is 2. The number of amides is 2. The molecule has 7 nitrogen and oxygen atoms in total. The van der Waals surface area contributed by atoms with Crippen molar-refractivity contribution in [1.82, 2.24) is 20.2 Å². The molecule has 2 amide bonds. The molecule has 1 saturated heterocycles. The van der Waals surface area contributed by atoms with Crippen molar-refractivity contribution < 1.29 is 14.3 Å². The molecule has 8 heteroatoms. The molecular weight excluding hydrogens is 496 g/mol. The van der Waals surface area contributed by atoms with Crippen LogP contribution in [-0.4, -0.2) is 46.6 Å². The smallest absolute Gasteiger partial charge is 0.407 e. The van der Waals surface area contributed by atoms with Crippen molar-refractivity contribution in [2.75, 3.05) is 13.7 Å². The summed E-state index contributed by atoms with van der Waals surface area (Å²) < 4.78 is 5.76. The van der Waals surface area contributed by atoms with E-state index in [2.05, 4.69) is 62.6 Å². The number of hydrogen-bond acceptors (Lipinski definition) is 4. The van der Waals surface area contributed by atoms with Gasteiger partial charge in [0.2, 0.25) is 5.91 Å². The number of likely N-dealkylation sites (tertiary alicyclic amines) is 1. The second-order valence-electron chi connectivity index (χ2n) is 8.80. The van der Waals surface area contributed by atoms with Gasteiger partial charge in [-0.1, -0.05) is 66.2 Å². The lowest BCUT2D eigenvalue weighted by molar-refractivity contribution is -0.135. The van der Waals surface area contributed by atoms with Crippen LogP contribution in [0.3, 0.4) is 0 Å². The molecule has 2 heterocycles. The summed E-state index contributed by atoms with van der Waals surface area (Å²) in [6.45, 7) is 4.45. The molecule has 0 radical (unpaired) electrons. The lowest BCUT2D eigenvalue weighted by Crippen LogP contribution is -2.51. The lowest BCUT2D eigenvalue weighted by Gasteiger charge is -2.29. The van der Waals surface area contributed by atoms with Gasteiger partial charge in [0.1, 0.15) is 11.9 Å². The largest absolute Gasteiger partial charge is 0.453 e. The third-order valence-electron chi connectivity index (χ3n) is 6.20. The summed E-state index contributed by atoms with van der Waals surface area (Å²) in [5, 5.41) is 2.68. The summed E-state index contributed by atoms with van der Waals surface area (Å²) in [5.74, 6) is 0.586. The van der Waals surface area contributed by atoms with E-state index in [-0.39, 0.29) is 17.9 Å². The number of methoxy groups -OCH3 is 1. The number of ether oxygens (including phenoxy) is 1. The number of alkyl carbamates (subject to hydrolysis) is 1. The van der Waals surface area contributed by atoms with Crippen molar-refractivity contribution in [1.29, 1.82) is 0 Å². The van der Waals surface area contributed by atoms with E-state index in [1.165, 1.54) is 7.11 Å². The Bertz CT molecular complexity index is 1140. The summed E-state index contributed by atoms with van der Waals surface area (Å²) in [6.07, 6.45) is 2.99. The third kappa shape index (κ3) is 5.17. The zero-order valence-electron chi connectivity index (χ0n) is 19.5. The summed E-state index contributed by atoms with van der Waals surface area (Å²) in [5.41, 5.74) is 4.13. The summed E-state index contributed by atoms with van der Waals surface area (Å²) in [7, 11) is 1.30.